The smallest absolute Gasteiger partial charge is 0.297 e. The van der Waals surface area contributed by atoms with Crippen LogP contribution in [-0.2, 0) is 6.61 Å². The monoisotopic (exact) mass is 255 g/mol. The summed E-state index contributed by atoms with van der Waals surface area (Å²) in [4.78, 5) is 8.48. The van der Waals surface area contributed by atoms with E-state index in [0.717, 1.165) is 26.2 Å². The molecule has 1 fully saturated rings. The van der Waals surface area contributed by atoms with E-state index in [1.165, 1.54) is 6.26 Å². The van der Waals surface area contributed by atoms with Crippen molar-refractivity contribution >= 4 is 6.01 Å². The number of aromatic nitrogens is 1. The molecule has 0 unspecified atom stereocenters. The van der Waals surface area contributed by atoms with Crippen LogP contribution >= 0.6 is 0 Å². The van der Waals surface area contributed by atoms with Gasteiger partial charge >= 0.3 is 0 Å². The fourth-order valence-electron chi connectivity index (χ4n) is 2.16. The second kappa shape index (κ2) is 5.26. The molecule has 0 radical (unpaired) electrons. The Morgan fingerprint density at radius 1 is 1.33 bits per heavy atom. The standard InChI is InChI=1S/C12H21N3O3/c1-12(2,17)9-14-3-5-15(6-4-14)11-13-10(7-16)8-18-11/h8,16-17H,3-7,9H2,1-2H3. The summed E-state index contributed by atoms with van der Waals surface area (Å²) in [6.07, 6.45) is 1.48. The molecule has 102 valence electrons. The summed E-state index contributed by atoms with van der Waals surface area (Å²) in [5.74, 6) is 0. The number of β-amino-alcohol motifs (C(OH)–C–C–N with tert-alkyl or cyclic N) is 1. The molecule has 2 heterocycles. The Morgan fingerprint density at radius 2 is 2.00 bits per heavy atom. The van der Waals surface area contributed by atoms with E-state index in [4.69, 9.17) is 9.52 Å². The second-order valence-electron chi connectivity index (χ2n) is 5.36. The molecule has 2 N–H and O–H groups in total. The molecular weight excluding hydrogens is 234 g/mol. The number of aliphatic hydroxyl groups excluding tert-OH is 1. The van der Waals surface area contributed by atoms with Crippen molar-refractivity contribution in [2.45, 2.75) is 26.1 Å². The van der Waals surface area contributed by atoms with Gasteiger partial charge in [-0.3, -0.25) is 4.90 Å². The fraction of sp³-hybridized carbons (Fsp3) is 0.750. The number of hydrogen-bond acceptors (Lipinski definition) is 6. The third-order valence-electron chi connectivity index (χ3n) is 2.95. The van der Waals surface area contributed by atoms with E-state index in [2.05, 4.69) is 14.8 Å². The first-order chi connectivity index (χ1) is 8.48. The van der Waals surface area contributed by atoms with E-state index in [9.17, 15) is 5.11 Å². The van der Waals surface area contributed by atoms with Crippen LogP contribution < -0.4 is 4.90 Å². The predicted octanol–water partition coefficient (Wildman–Crippen LogP) is 0.0598. The molecule has 2 rings (SSSR count). The molecule has 18 heavy (non-hydrogen) atoms. The number of aliphatic hydroxyl groups is 2. The van der Waals surface area contributed by atoms with E-state index in [0.29, 0.717) is 18.3 Å². The van der Waals surface area contributed by atoms with E-state index in [1.54, 1.807) is 0 Å². The summed E-state index contributed by atoms with van der Waals surface area (Å²) in [6, 6.07) is 0.571. The van der Waals surface area contributed by atoms with Crippen LogP contribution in [0.3, 0.4) is 0 Å². The Kier molecular flexibility index (Phi) is 3.89. The Morgan fingerprint density at radius 3 is 2.50 bits per heavy atom. The largest absolute Gasteiger partial charge is 0.432 e. The van der Waals surface area contributed by atoms with Crippen molar-refractivity contribution in [3.63, 3.8) is 0 Å². The van der Waals surface area contributed by atoms with Crippen molar-refractivity contribution in [3.8, 4) is 0 Å². The van der Waals surface area contributed by atoms with Crippen LogP contribution in [0.5, 0.6) is 0 Å². The van der Waals surface area contributed by atoms with Gasteiger partial charge in [0.05, 0.1) is 12.2 Å². The average molecular weight is 255 g/mol. The minimum Gasteiger partial charge on any atom is -0.432 e. The maximum absolute atomic E-state index is 9.77. The summed E-state index contributed by atoms with van der Waals surface area (Å²) in [6.45, 7) is 7.61. The zero-order chi connectivity index (χ0) is 13.2. The molecule has 0 atom stereocenters. The van der Waals surface area contributed by atoms with Gasteiger partial charge in [0, 0.05) is 32.7 Å². The van der Waals surface area contributed by atoms with Crippen molar-refractivity contribution in [3.05, 3.63) is 12.0 Å². The van der Waals surface area contributed by atoms with Crippen molar-refractivity contribution in [1.82, 2.24) is 9.88 Å². The zero-order valence-corrected chi connectivity index (χ0v) is 11.0. The lowest BCUT2D eigenvalue weighted by Crippen LogP contribution is -2.50. The highest BCUT2D eigenvalue weighted by Crippen LogP contribution is 2.16. The zero-order valence-electron chi connectivity index (χ0n) is 11.0. The Balaban J connectivity index is 1.86. The number of anilines is 1. The molecule has 0 aromatic carbocycles. The molecule has 0 bridgehead atoms. The number of nitrogens with zero attached hydrogens (tertiary/aromatic N) is 3. The Hall–Kier alpha value is -1.11. The molecule has 6 heteroatoms. The van der Waals surface area contributed by atoms with Gasteiger partial charge in [-0.15, -0.1) is 0 Å². The first kappa shape index (κ1) is 13.3. The quantitative estimate of drug-likeness (QED) is 0.792. The second-order valence-corrected chi connectivity index (χ2v) is 5.36. The molecular formula is C12H21N3O3. The predicted molar refractivity (Wildman–Crippen MR) is 67.4 cm³/mol. The third kappa shape index (κ3) is 3.44. The van der Waals surface area contributed by atoms with E-state index in [-0.39, 0.29) is 6.61 Å². The Bertz CT molecular complexity index is 378. The van der Waals surface area contributed by atoms with Crippen molar-refractivity contribution in [2.75, 3.05) is 37.6 Å². The van der Waals surface area contributed by atoms with Crippen LogP contribution in [0.2, 0.25) is 0 Å². The van der Waals surface area contributed by atoms with Gasteiger partial charge in [0.25, 0.3) is 6.01 Å². The van der Waals surface area contributed by atoms with Gasteiger partial charge in [-0.2, -0.15) is 4.98 Å². The van der Waals surface area contributed by atoms with Gasteiger partial charge in [0.15, 0.2) is 0 Å². The number of oxazole rings is 1. The first-order valence-electron chi connectivity index (χ1n) is 6.23. The lowest BCUT2D eigenvalue weighted by molar-refractivity contribution is 0.0342. The summed E-state index contributed by atoms with van der Waals surface area (Å²) >= 11 is 0. The molecule has 0 aliphatic carbocycles. The summed E-state index contributed by atoms with van der Waals surface area (Å²) in [5.41, 5.74) is -0.0984. The van der Waals surface area contributed by atoms with Gasteiger partial charge < -0.3 is 19.5 Å². The molecule has 6 nitrogen and oxygen atoms in total. The highest BCUT2D eigenvalue weighted by atomic mass is 16.4. The summed E-state index contributed by atoms with van der Waals surface area (Å²) < 4.78 is 5.32. The fourth-order valence-corrected chi connectivity index (χ4v) is 2.16. The van der Waals surface area contributed by atoms with Crippen LogP contribution in [-0.4, -0.2) is 58.4 Å². The highest BCUT2D eigenvalue weighted by molar-refractivity contribution is 5.27. The van der Waals surface area contributed by atoms with E-state index >= 15 is 0 Å². The molecule has 1 aromatic heterocycles. The van der Waals surface area contributed by atoms with Crippen molar-refractivity contribution < 1.29 is 14.6 Å². The van der Waals surface area contributed by atoms with Crippen LogP contribution in [0.4, 0.5) is 6.01 Å². The van der Waals surface area contributed by atoms with Gasteiger partial charge in [-0.05, 0) is 13.8 Å². The lowest BCUT2D eigenvalue weighted by Gasteiger charge is -2.36. The van der Waals surface area contributed by atoms with Gasteiger partial charge in [-0.25, -0.2) is 0 Å². The number of hydrogen-bond donors (Lipinski definition) is 2. The SMILES string of the molecule is CC(C)(O)CN1CCN(c2nc(CO)co2)CC1. The van der Waals surface area contributed by atoms with E-state index < -0.39 is 5.60 Å². The third-order valence-corrected chi connectivity index (χ3v) is 2.95. The molecule has 1 aliphatic heterocycles. The molecule has 0 spiro atoms. The van der Waals surface area contributed by atoms with E-state index in [1.807, 2.05) is 13.8 Å². The van der Waals surface area contributed by atoms with Crippen LogP contribution in [0.15, 0.2) is 10.7 Å². The van der Waals surface area contributed by atoms with Crippen LogP contribution in [0.1, 0.15) is 19.5 Å². The van der Waals surface area contributed by atoms with Gasteiger partial charge in [0.1, 0.15) is 12.0 Å². The molecule has 1 saturated heterocycles. The minimum atomic E-state index is -0.658. The number of rotatable bonds is 4. The lowest BCUT2D eigenvalue weighted by atomic mass is 10.1. The molecule has 1 aromatic rings. The molecule has 1 aliphatic rings. The van der Waals surface area contributed by atoms with Gasteiger partial charge in [0.2, 0.25) is 0 Å². The number of piperazine rings is 1. The van der Waals surface area contributed by atoms with Crippen molar-refractivity contribution in [2.24, 2.45) is 0 Å². The molecule has 0 saturated carbocycles. The first-order valence-corrected chi connectivity index (χ1v) is 6.23. The van der Waals surface area contributed by atoms with Crippen LogP contribution in [0, 0.1) is 0 Å². The summed E-state index contributed by atoms with van der Waals surface area (Å²) in [7, 11) is 0. The topological polar surface area (TPSA) is 73.0 Å². The van der Waals surface area contributed by atoms with Gasteiger partial charge in [-0.1, -0.05) is 0 Å². The van der Waals surface area contributed by atoms with Crippen molar-refractivity contribution in [1.29, 1.82) is 0 Å². The normalized spacial score (nSPS) is 18.3. The molecule has 0 amide bonds. The summed E-state index contributed by atoms with van der Waals surface area (Å²) in [5, 5.41) is 18.7. The van der Waals surface area contributed by atoms with Crippen LogP contribution in [0.25, 0.3) is 0 Å². The minimum absolute atomic E-state index is 0.0951. The maximum Gasteiger partial charge on any atom is 0.297 e. The Labute approximate surface area is 107 Å². The highest BCUT2D eigenvalue weighted by Gasteiger charge is 2.24. The average Bonchev–Trinajstić information content (AvgIpc) is 2.76. The maximum atomic E-state index is 9.77.